The van der Waals surface area contributed by atoms with Crippen molar-refractivity contribution >= 4 is 26.9 Å². The molecular weight excluding hydrogens is 316 g/mol. The van der Waals surface area contributed by atoms with Gasteiger partial charge in [-0.15, -0.1) is 0 Å². The minimum atomic E-state index is -3.04. The summed E-state index contributed by atoms with van der Waals surface area (Å²) in [6, 6.07) is 1.40. The Kier molecular flexibility index (Phi) is 4.25. The summed E-state index contributed by atoms with van der Waals surface area (Å²) < 4.78 is 23.4. The van der Waals surface area contributed by atoms with Crippen molar-refractivity contribution in [3.8, 4) is 0 Å². The Hall–Kier alpha value is -2.09. The zero-order valence-electron chi connectivity index (χ0n) is 12.8. The van der Waals surface area contributed by atoms with Crippen LogP contribution in [0.1, 0.15) is 30.1 Å². The van der Waals surface area contributed by atoms with Crippen molar-refractivity contribution in [1.29, 1.82) is 0 Å². The van der Waals surface area contributed by atoms with E-state index in [4.69, 9.17) is 0 Å². The Morgan fingerprint density at radius 3 is 2.78 bits per heavy atom. The fourth-order valence-corrected chi connectivity index (χ4v) is 4.58. The molecule has 122 valence electrons. The average molecular weight is 334 g/mol. The molecule has 1 saturated heterocycles. The summed E-state index contributed by atoms with van der Waals surface area (Å²) in [6.07, 6.45) is 5.83. The van der Waals surface area contributed by atoms with Crippen LogP contribution in [0.15, 0.2) is 24.7 Å². The van der Waals surface area contributed by atoms with Gasteiger partial charge in [0.25, 0.3) is 5.91 Å². The van der Waals surface area contributed by atoms with Gasteiger partial charge in [-0.3, -0.25) is 9.78 Å². The quantitative estimate of drug-likeness (QED) is 0.830. The predicted molar refractivity (Wildman–Crippen MR) is 85.7 cm³/mol. The highest BCUT2D eigenvalue weighted by Gasteiger charge is 2.34. The van der Waals surface area contributed by atoms with Gasteiger partial charge >= 0.3 is 0 Å². The Labute approximate surface area is 134 Å². The average Bonchev–Trinajstić information content (AvgIpc) is 2.91. The van der Waals surface area contributed by atoms with E-state index in [2.05, 4.69) is 15.0 Å². The first-order valence-corrected chi connectivity index (χ1v) is 9.40. The van der Waals surface area contributed by atoms with Crippen molar-refractivity contribution in [2.24, 2.45) is 0 Å². The van der Waals surface area contributed by atoms with E-state index >= 15 is 0 Å². The molecule has 1 aliphatic heterocycles. The molecule has 0 aliphatic carbocycles. The second-order valence-corrected chi connectivity index (χ2v) is 7.91. The maximum absolute atomic E-state index is 12.8. The summed E-state index contributed by atoms with van der Waals surface area (Å²) in [5.41, 5.74) is 1.44. The van der Waals surface area contributed by atoms with Crippen molar-refractivity contribution in [3.05, 3.63) is 30.2 Å². The van der Waals surface area contributed by atoms with E-state index in [-0.39, 0.29) is 23.5 Å². The second-order valence-electron chi connectivity index (χ2n) is 5.68. The van der Waals surface area contributed by atoms with E-state index in [1.165, 1.54) is 6.20 Å². The topological polar surface area (TPSA) is 93.1 Å². The molecule has 23 heavy (non-hydrogen) atoms. The molecule has 0 spiro atoms. The molecule has 1 unspecified atom stereocenters. The number of carbonyl (C=O) groups excluding carboxylic acids is 1. The van der Waals surface area contributed by atoms with Crippen molar-refractivity contribution in [3.63, 3.8) is 0 Å². The van der Waals surface area contributed by atoms with Crippen LogP contribution < -0.4 is 0 Å². The molecule has 3 rings (SSSR count). The fourth-order valence-electron chi connectivity index (χ4n) is 2.85. The molecule has 0 radical (unpaired) electrons. The monoisotopic (exact) mass is 334 g/mol. The van der Waals surface area contributed by atoms with Crippen LogP contribution in [0.25, 0.3) is 11.2 Å². The first kappa shape index (κ1) is 15.8. The number of amides is 1. The highest BCUT2D eigenvalue weighted by Crippen LogP contribution is 2.21. The third-order valence-electron chi connectivity index (χ3n) is 3.95. The number of pyridine rings is 1. The van der Waals surface area contributed by atoms with E-state index in [0.717, 1.165) is 6.42 Å². The highest BCUT2D eigenvalue weighted by atomic mass is 32.2. The number of sulfone groups is 1. The van der Waals surface area contributed by atoms with Crippen LogP contribution in [0.5, 0.6) is 0 Å². The van der Waals surface area contributed by atoms with Gasteiger partial charge < -0.3 is 4.90 Å². The molecule has 1 fully saturated rings. The van der Waals surface area contributed by atoms with Gasteiger partial charge in [-0.25, -0.2) is 18.4 Å². The van der Waals surface area contributed by atoms with E-state index in [1.807, 2.05) is 6.92 Å². The SMILES string of the molecule is CCCN(C(=O)c1cnc2nccnc2c1)C1CCS(=O)(=O)C1. The number of hydrogen-bond donors (Lipinski definition) is 0. The van der Waals surface area contributed by atoms with E-state index in [1.54, 1.807) is 23.4 Å². The molecular formula is C15H18N4O3S. The van der Waals surface area contributed by atoms with Crippen LogP contribution in [-0.2, 0) is 9.84 Å². The molecule has 0 saturated carbocycles. The number of aromatic nitrogens is 3. The lowest BCUT2D eigenvalue weighted by atomic mass is 10.1. The second kappa shape index (κ2) is 6.19. The van der Waals surface area contributed by atoms with E-state index in [9.17, 15) is 13.2 Å². The van der Waals surface area contributed by atoms with Gasteiger partial charge in [0.15, 0.2) is 15.5 Å². The van der Waals surface area contributed by atoms with Crippen molar-refractivity contribution in [1.82, 2.24) is 19.9 Å². The summed E-state index contributed by atoms with van der Waals surface area (Å²) in [4.78, 5) is 26.9. The number of fused-ring (bicyclic) bond motifs is 1. The zero-order chi connectivity index (χ0) is 16.4. The molecule has 0 bridgehead atoms. The molecule has 1 amide bonds. The summed E-state index contributed by atoms with van der Waals surface area (Å²) in [5.74, 6) is -0.0133. The van der Waals surface area contributed by atoms with Crippen LogP contribution in [-0.4, -0.2) is 58.3 Å². The Balaban J connectivity index is 1.90. The Bertz CT molecular complexity index is 837. The molecule has 1 aliphatic rings. The summed E-state index contributed by atoms with van der Waals surface area (Å²) in [7, 11) is -3.04. The predicted octanol–water partition coefficient (Wildman–Crippen LogP) is 1.06. The standard InChI is InChI=1S/C15H18N4O3S/c1-2-6-19(12-3-7-23(21,22)10-12)15(20)11-8-13-14(18-9-11)17-5-4-16-13/h4-5,8-9,12H,2-3,6-7,10H2,1H3. The van der Waals surface area contributed by atoms with Crippen LogP contribution in [0.2, 0.25) is 0 Å². The Morgan fingerprint density at radius 2 is 2.09 bits per heavy atom. The maximum Gasteiger partial charge on any atom is 0.255 e. The third-order valence-corrected chi connectivity index (χ3v) is 5.70. The highest BCUT2D eigenvalue weighted by molar-refractivity contribution is 7.91. The van der Waals surface area contributed by atoms with Gasteiger partial charge in [0, 0.05) is 31.2 Å². The molecule has 3 heterocycles. The van der Waals surface area contributed by atoms with Crippen molar-refractivity contribution in [2.75, 3.05) is 18.1 Å². The molecule has 8 heteroatoms. The van der Waals surface area contributed by atoms with E-state index in [0.29, 0.717) is 29.7 Å². The number of hydrogen-bond acceptors (Lipinski definition) is 6. The van der Waals surface area contributed by atoms with E-state index < -0.39 is 9.84 Å². The lowest BCUT2D eigenvalue weighted by molar-refractivity contribution is 0.0697. The van der Waals surface area contributed by atoms with Gasteiger partial charge in [-0.1, -0.05) is 6.92 Å². The number of nitrogens with zero attached hydrogens (tertiary/aromatic N) is 4. The zero-order valence-corrected chi connectivity index (χ0v) is 13.7. The minimum absolute atomic E-state index is 0.0412. The molecule has 7 nitrogen and oxygen atoms in total. The maximum atomic E-state index is 12.8. The molecule has 2 aromatic heterocycles. The largest absolute Gasteiger partial charge is 0.335 e. The smallest absolute Gasteiger partial charge is 0.255 e. The van der Waals surface area contributed by atoms with Crippen LogP contribution in [0.4, 0.5) is 0 Å². The molecule has 0 N–H and O–H groups in total. The third kappa shape index (κ3) is 3.31. The molecule has 0 aromatic carbocycles. The van der Waals surface area contributed by atoms with Gasteiger partial charge in [-0.2, -0.15) is 0 Å². The molecule has 1 atom stereocenters. The minimum Gasteiger partial charge on any atom is -0.335 e. The summed E-state index contributed by atoms with van der Waals surface area (Å²) >= 11 is 0. The normalized spacial score (nSPS) is 19.8. The van der Waals surface area contributed by atoms with Crippen LogP contribution in [0.3, 0.4) is 0 Å². The van der Waals surface area contributed by atoms with Gasteiger partial charge in [0.1, 0.15) is 5.52 Å². The number of carbonyl (C=O) groups is 1. The summed E-state index contributed by atoms with van der Waals surface area (Å²) in [5, 5.41) is 0. The first-order valence-electron chi connectivity index (χ1n) is 7.58. The van der Waals surface area contributed by atoms with Gasteiger partial charge in [-0.05, 0) is 18.9 Å². The van der Waals surface area contributed by atoms with Crippen molar-refractivity contribution in [2.45, 2.75) is 25.8 Å². The summed E-state index contributed by atoms with van der Waals surface area (Å²) in [6.45, 7) is 2.49. The van der Waals surface area contributed by atoms with Gasteiger partial charge in [0.2, 0.25) is 0 Å². The fraction of sp³-hybridized carbons (Fsp3) is 0.467. The molecule has 2 aromatic rings. The Morgan fingerprint density at radius 1 is 1.30 bits per heavy atom. The van der Waals surface area contributed by atoms with Crippen LogP contribution in [0, 0.1) is 0 Å². The lowest BCUT2D eigenvalue weighted by Gasteiger charge is -2.27. The first-order chi connectivity index (χ1) is 11.0. The lowest BCUT2D eigenvalue weighted by Crippen LogP contribution is -2.41. The number of rotatable bonds is 4. The van der Waals surface area contributed by atoms with Crippen LogP contribution >= 0.6 is 0 Å². The van der Waals surface area contributed by atoms with Gasteiger partial charge in [0.05, 0.1) is 17.1 Å². The van der Waals surface area contributed by atoms with Crippen molar-refractivity contribution < 1.29 is 13.2 Å².